The molecule has 3 rings (SSSR count). The molecule has 2 atom stereocenters. The normalized spacial score (nSPS) is 20.9. The molecule has 2 aliphatic rings. The smallest absolute Gasteiger partial charge is 0.352 e. The second-order valence-corrected chi connectivity index (χ2v) is 8.24. The summed E-state index contributed by atoms with van der Waals surface area (Å²) in [6.07, 6.45) is 0.121. The van der Waals surface area contributed by atoms with Crippen molar-refractivity contribution in [1.82, 2.24) is 15.2 Å². The molecule has 1 aromatic rings. The highest BCUT2D eigenvalue weighted by atomic mass is 32.2. The number of rotatable bonds is 7. The summed E-state index contributed by atoms with van der Waals surface area (Å²) in [6, 6.07) is 0. The van der Waals surface area contributed by atoms with Gasteiger partial charge in [-0.25, -0.2) is 9.78 Å². The summed E-state index contributed by atoms with van der Waals surface area (Å²) < 4.78 is 4.97. The van der Waals surface area contributed by atoms with Crippen molar-refractivity contribution in [2.75, 3.05) is 19.5 Å². The molecule has 2 amide bonds. The molecule has 2 aliphatic heterocycles. The first-order valence-corrected chi connectivity index (χ1v) is 10.3. The topological polar surface area (TPSA) is 174 Å². The second-order valence-electron chi connectivity index (χ2n) is 6.06. The highest BCUT2D eigenvalue weighted by Gasteiger charge is 2.49. The van der Waals surface area contributed by atoms with Gasteiger partial charge in [0.05, 0.1) is 11.8 Å². The van der Waals surface area contributed by atoms with Crippen LogP contribution in [0.5, 0.6) is 0 Å². The summed E-state index contributed by atoms with van der Waals surface area (Å²) in [5.41, 5.74) is 5.38. The molecule has 3 heterocycles. The van der Waals surface area contributed by atoms with E-state index in [2.05, 4.69) is 15.5 Å². The first-order chi connectivity index (χ1) is 14.2. The van der Waals surface area contributed by atoms with Gasteiger partial charge in [-0.15, -0.1) is 23.1 Å². The summed E-state index contributed by atoms with van der Waals surface area (Å²) in [7, 11) is 1.25. The number of amides is 2. The first kappa shape index (κ1) is 21.6. The third-order valence-corrected chi connectivity index (χ3v) is 6.16. The number of ether oxygens (including phenoxy) is 1. The second kappa shape index (κ2) is 8.71. The number of nitrogens with two attached hydrogens (primary N) is 1. The van der Waals surface area contributed by atoms with Crippen molar-refractivity contribution >= 4 is 57.7 Å². The summed E-state index contributed by atoms with van der Waals surface area (Å²) in [5, 5.41) is 16.4. The number of carboxylic acids is 1. The van der Waals surface area contributed by atoms with Crippen LogP contribution in [0.3, 0.4) is 0 Å². The molecule has 2 unspecified atom stereocenters. The van der Waals surface area contributed by atoms with Gasteiger partial charge in [-0.1, -0.05) is 5.16 Å². The average Bonchev–Trinajstić information content (AvgIpc) is 3.09. The minimum absolute atomic E-state index is 0.0647. The number of hydrogen-bond acceptors (Lipinski definition) is 11. The first-order valence-electron chi connectivity index (χ1n) is 8.43. The van der Waals surface area contributed by atoms with E-state index in [4.69, 9.17) is 15.3 Å². The Balaban J connectivity index is 1.93. The molecule has 0 saturated carbocycles. The molecular formula is C16H17N5O7S2. The molecule has 12 nitrogen and oxygen atoms in total. The monoisotopic (exact) mass is 455 g/mol. The Morgan fingerprint density at radius 3 is 2.73 bits per heavy atom. The largest absolute Gasteiger partial charge is 0.477 e. The van der Waals surface area contributed by atoms with Gasteiger partial charge in [-0.3, -0.25) is 19.3 Å². The van der Waals surface area contributed by atoms with Gasteiger partial charge in [0, 0.05) is 17.9 Å². The zero-order chi connectivity index (χ0) is 22.0. The maximum Gasteiger partial charge on any atom is 0.352 e. The molecular weight excluding hydrogens is 438 g/mol. The van der Waals surface area contributed by atoms with Gasteiger partial charge in [0.1, 0.15) is 30.5 Å². The van der Waals surface area contributed by atoms with Crippen LogP contribution >= 0.6 is 23.1 Å². The Hall–Kier alpha value is -3.13. The Morgan fingerprint density at radius 1 is 1.47 bits per heavy atom. The molecule has 1 aromatic heterocycles. The van der Waals surface area contributed by atoms with E-state index in [0.717, 1.165) is 34.9 Å². The van der Waals surface area contributed by atoms with E-state index >= 15 is 0 Å². The Bertz CT molecular complexity index is 973. The number of thioether (sulfide) groups is 1. The lowest BCUT2D eigenvalue weighted by Gasteiger charge is -2.46. The van der Waals surface area contributed by atoms with Gasteiger partial charge in [-0.2, -0.15) is 0 Å². The SMILES string of the molecule is CO/N=C(\C(=O)NC1SC2CC(=O)N2C(C(=O)O)=C1COC(C)=O)c1csc(N)n1. The number of carbonyl (C=O) groups excluding carboxylic acids is 3. The van der Waals surface area contributed by atoms with E-state index in [1.165, 1.54) is 12.5 Å². The third kappa shape index (κ3) is 4.23. The number of β-lactam (4-membered cyclic amide) rings is 1. The van der Waals surface area contributed by atoms with Crippen molar-refractivity contribution in [3.63, 3.8) is 0 Å². The molecule has 0 aromatic carbocycles. The Morgan fingerprint density at radius 2 is 2.20 bits per heavy atom. The lowest BCUT2D eigenvalue weighted by molar-refractivity contribution is -0.146. The predicted octanol–water partition coefficient (Wildman–Crippen LogP) is -0.275. The number of nitrogens with zero attached hydrogens (tertiary/aromatic N) is 3. The van der Waals surface area contributed by atoms with Crippen LogP contribution in [0.15, 0.2) is 21.8 Å². The molecule has 14 heteroatoms. The number of anilines is 1. The van der Waals surface area contributed by atoms with Gasteiger partial charge < -0.3 is 25.7 Å². The molecule has 4 N–H and O–H groups in total. The van der Waals surface area contributed by atoms with Crippen molar-refractivity contribution in [2.45, 2.75) is 24.1 Å². The van der Waals surface area contributed by atoms with Crippen molar-refractivity contribution in [3.8, 4) is 0 Å². The van der Waals surface area contributed by atoms with Crippen LogP contribution in [0.2, 0.25) is 0 Å². The highest BCUT2D eigenvalue weighted by Crippen LogP contribution is 2.43. The summed E-state index contributed by atoms with van der Waals surface area (Å²) in [4.78, 5) is 57.8. The van der Waals surface area contributed by atoms with Crippen LogP contribution in [0.1, 0.15) is 19.0 Å². The van der Waals surface area contributed by atoms with Gasteiger partial charge in [0.15, 0.2) is 10.8 Å². The van der Waals surface area contributed by atoms with Crippen LogP contribution in [0.4, 0.5) is 5.13 Å². The molecule has 160 valence electrons. The van der Waals surface area contributed by atoms with E-state index in [0.29, 0.717) is 0 Å². The number of carboxylic acid groups (broad SMARTS) is 1. The minimum Gasteiger partial charge on any atom is -0.477 e. The maximum absolute atomic E-state index is 12.9. The van der Waals surface area contributed by atoms with Crippen molar-refractivity contribution in [3.05, 3.63) is 22.3 Å². The average molecular weight is 455 g/mol. The van der Waals surface area contributed by atoms with Crippen LogP contribution in [-0.2, 0) is 28.8 Å². The summed E-state index contributed by atoms with van der Waals surface area (Å²) >= 11 is 2.26. The van der Waals surface area contributed by atoms with Gasteiger partial charge in [0.25, 0.3) is 5.91 Å². The number of hydrogen-bond donors (Lipinski definition) is 3. The van der Waals surface area contributed by atoms with Crippen molar-refractivity contribution in [2.24, 2.45) is 5.16 Å². The number of esters is 1. The van der Waals surface area contributed by atoms with Crippen LogP contribution in [0.25, 0.3) is 0 Å². The van der Waals surface area contributed by atoms with Crippen LogP contribution < -0.4 is 11.1 Å². The number of nitrogen functional groups attached to an aromatic ring is 1. The van der Waals surface area contributed by atoms with Crippen molar-refractivity contribution < 1.29 is 33.9 Å². The Labute approximate surface area is 178 Å². The number of oxime groups is 1. The van der Waals surface area contributed by atoms with E-state index < -0.39 is 35.2 Å². The lowest BCUT2D eigenvalue weighted by Crippen LogP contribution is -2.58. The zero-order valence-electron chi connectivity index (χ0n) is 15.8. The fourth-order valence-corrected chi connectivity index (χ4v) is 4.81. The molecule has 1 fully saturated rings. The fraction of sp³-hybridized carbons (Fsp3) is 0.375. The highest BCUT2D eigenvalue weighted by molar-refractivity contribution is 8.00. The Kier molecular flexibility index (Phi) is 6.26. The molecule has 1 saturated heterocycles. The van der Waals surface area contributed by atoms with E-state index in [1.54, 1.807) is 0 Å². The summed E-state index contributed by atoms with van der Waals surface area (Å²) in [6.45, 7) is 0.754. The van der Waals surface area contributed by atoms with Crippen molar-refractivity contribution in [1.29, 1.82) is 0 Å². The van der Waals surface area contributed by atoms with E-state index in [-0.39, 0.29) is 40.1 Å². The molecule has 0 spiro atoms. The van der Waals surface area contributed by atoms with E-state index in [1.807, 2.05) is 0 Å². The quantitative estimate of drug-likeness (QED) is 0.215. The predicted molar refractivity (Wildman–Crippen MR) is 106 cm³/mol. The van der Waals surface area contributed by atoms with E-state index in [9.17, 15) is 24.3 Å². The molecule has 0 radical (unpaired) electrons. The molecule has 0 aliphatic carbocycles. The number of nitrogens with one attached hydrogen (secondary N) is 1. The number of aromatic nitrogens is 1. The van der Waals surface area contributed by atoms with Gasteiger partial charge >= 0.3 is 11.9 Å². The van der Waals surface area contributed by atoms with Gasteiger partial charge in [0.2, 0.25) is 5.91 Å². The van der Waals surface area contributed by atoms with Crippen LogP contribution in [0, 0.1) is 0 Å². The maximum atomic E-state index is 12.9. The fourth-order valence-electron chi connectivity index (χ4n) is 2.85. The number of fused-ring (bicyclic) bond motifs is 1. The zero-order valence-corrected chi connectivity index (χ0v) is 17.4. The minimum atomic E-state index is -1.37. The number of thiazole rings is 1. The number of carbonyl (C=O) groups is 4. The van der Waals surface area contributed by atoms with Gasteiger partial charge in [-0.05, 0) is 0 Å². The summed E-state index contributed by atoms with van der Waals surface area (Å²) in [5.74, 6) is -3.08. The van der Waals surface area contributed by atoms with Crippen LogP contribution in [-0.4, -0.2) is 68.9 Å². The standard InChI is InChI=1S/C16H17N5O7S2/c1-6(22)28-4-7-12(15(25)26)21-9(23)3-10(21)30-14(7)19-13(24)11(20-27-2)8-5-29-16(17)18-8/h5,10,14H,3-4H2,1-2H3,(H2,17,18)(H,19,24)(H,25,26)/b20-11-. The molecule has 30 heavy (non-hydrogen) atoms. The third-order valence-electron chi connectivity index (χ3n) is 4.12. The lowest BCUT2D eigenvalue weighted by atomic mass is 10.1. The number of aliphatic carboxylic acids is 1. The molecule has 0 bridgehead atoms.